The first-order valence-electron chi connectivity index (χ1n) is 5.93. The van der Waals surface area contributed by atoms with Gasteiger partial charge in [-0.2, -0.15) is 0 Å². The van der Waals surface area contributed by atoms with Gasteiger partial charge in [-0.3, -0.25) is 25.0 Å². The van der Waals surface area contributed by atoms with E-state index < -0.39 is 27.1 Å². The molecule has 0 aliphatic rings. The number of carbonyl (C=O) groups is 1. The second-order valence-electron chi connectivity index (χ2n) is 4.05. The Morgan fingerprint density at radius 3 is 2.55 bits per heavy atom. The lowest BCUT2D eigenvalue weighted by Crippen LogP contribution is -2.09. The van der Waals surface area contributed by atoms with Gasteiger partial charge in [0, 0.05) is 17.0 Å². The number of nitro groups is 2. The van der Waals surface area contributed by atoms with E-state index in [2.05, 4.69) is 5.32 Å². The summed E-state index contributed by atoms with van der Waals surface area (Å²) < 4.78 is 0. The van der Waals surface area contributed by atoms with Crippen LogP contribution in [0.25, 0.3) is 6.08 Å². The van der Waals surface area contributed by atoms with Crippen molar-refractivity contribution >= 4 is 40.4 Å². The van der Waals surface area contributed by atoms with Crippen LogP contribution in [0, 0.1) is 20.2 Å². The number of nitrogens with one attached hydrogen (secondary N) is 1. The highest BCUT2D eigenvalue weighted by Gasteiger charge is 2.20. The summed E-state index contributed by atoms with van der Waals surface area (Å²) in [6.07, 6.45) is 2.80. The predicted octanol–water partition coefficient (Wildman–Crippen LogP) is 3.22. The molecule has 0 aliphatic carbocycles. The molecule has 1 N–H and O–H groups in total. The smallest absolute Gasteiger partial charge is 0.299 e. The molecule has 1 amide bonds. The van der Waals surface area contributed by atoms with Gasteiger partial charge in [0.15, 0.2) is 0 Å². The van der Waals surface area contributed by atoms with Crippen LogP contribution in [0.15, 0.2) is 41.8 Å². The van der Waals surface area contributed by atoms with E-state index in [0.29, 0.717) is 0 Å². The minimum Gasteiger partial charge on any atom is -0.317 e. The summed E-state index contributed by atoms with van der Waals surface area (Å²) >= 11 is 1.43. The maximum atomic E-state index is 11.8. The van der Waals surface area contributed by atoms with Crippen molar-refractivity contribution in [3.8, 4) is 0 Å². The van der Waals surface area contributed by atoms with Gasteiger partial charge in [0.05, 0.1) is 15.9 Å². The normalized spacial score (nSPS) is 10.5. The van der Waals surface area contributed by atoms with Crippen molar-refractivity contribution in [2.24, 2.45) is 0 Å². The molecule has 0 bridgehead atoms. The van der Waals surface area contributed by atoms with Gasteiger partial charge in [0.25, 0.3) is 11.4 Å². The Bertz CT molecular complexity index is 755. The third kappa shape index (κ3) is 3.73. The Morgan fingerprint density at radius 2 is 1.95 bits per heavy atom. The molecule has 8 nitrogen and oxygen atoms in total. The molecule has 9 heteroatoms. The van der Waals surface area contributed by atoms with Crippen LogP contribution in [0.4, 0.5) is 17.1 Å². The van der Waals surface area contributed by atoms with Crippen molar-refractivity contribution in [2.45, 2.75) is 0 Å². The SMILES string of the molecule is O=C(/C=C/c1cccs1)Nc1ccc([N+](=O)[O-])cc1[N+](=O)[O-]. The van der Waals surface area contributed by atoms with Crippen molar-refractivity contribution in [3.05, 3.63) is 66.9 Å². The van der Waals surface area contributed by atoms with E-state index in [1.165, 1.54) is 17.4 Å². The first kappa shape index (κ1) is 15.3. The first-order valence-corrected chi connectivity index (χ1v) is 6.81. The molecule has 0 aliphatic heterocycles. The van der Waals surface area contributed by atoms with Crippen LogP contribution in [0.3, 0.4) is 0 Å². The minimum atomic E-state index is -0.786. The summed E-state index contributed by atoms with van der Waals surface area (Å²) in [6.45, 7) is 0. The molecule has 1 heterocycles. The number of amides is 1. The van der Waals surface area contributed by atoms with E-state index in [9.17, 15) is 25.0 Å². The zero-order valence-electron chi connectivity index (χ0n) is 11.0. The molecular formula is C13H9N3O5S. The summed E-state index contributed by atoms with van der Waals surface area (Å²) in [5.41, 5.74) is -1.05. The van der Waals surface area contributed by atoms with E-state index >= 15 is 0 Å². The monoisotopic (exact) mass is 319 g/mol. The molecule has 0 fully saturated rings. The van der Waals surface area contributed by atoms with Gasteiger partial charge in [-0.15, -0.1) is 11.3 Å². The van der Waals surface area contributed by atoms with E-state index in [-0.39, 0.29) is 5.69 Å². The number of hydrogen-bond acceptors (Lipinski definition) is 6. The Balaban J connectivity index is 2.19. The average molecular weight is 319 g/mol. The van der Waals surface area contributed by atoms with Gasteiger partial charge in [-0.25, -0.2) is 0 Å². The highest BCUT2D eigenvalue weighted by atomic mass is 32.1. The van der Waals surface area contributed by atoms with Crippen LogP contribution >= 0.6 is 11.3 Å². The number of carbonyl (C=O) groups excluding carboxylic acids is 1. The lowest BCUT2D eigenvalue weighted by molar-refractivity contribution is -0.393. The molecule has 0 spiro atoms. The largest absolute Gasteiger partial charge is 0.317 e. The van der Waals surface area contributed by atoms with E-state index in [0.717, 1.165) is 23.1 Å². The number of nitrogens with zero attached hydrogens (tertiary/aromatic N) is 2. The van der Waals surface area contributed by atoms with Crippen LogP contribution in [-0.4, -0.2) is 15.8 Å². The van der Waals surface area contributed by atoms with Crippen molar-refractivity contribution in [1.29, 1.82) is 0 Å². The van der Waals surface area contributed by atoms with Crippen molar-refractivity contribution in [1.82, 2.24) is 0 Å². The number of thiophene rings is 1. The molecule has 1 aromatic carbocycles. The van der Waals surface area contributed by atoms with Gasteiger partial charge >= 0.3 is 0 Å². The van der Waals surface area contributed by atoms with Crippen LogP contribution in [0.1, 0.15) is 4.88 Å². The quantitative estimate of drug-likeness (QED) is 0.516. The summed E-state index contributed by atoms with van der Waals surface area (Å²) in [5, 5.41) is 25.7. The van der Waals surface area contributed by atoms with Crippen molar-refractivity contribution in [3.63, 3.8) is 0 Å². The minimum absolute atomic E-state index is 0.101. The molecule has 112 valence electrons. The van der Waals surface area contributed by atoms with Gasteiger partial charge in [0.1, 0.15) is 5.69 Å². The summed E-state index contributed by atoms with van der Waals surface area (Å²) in [6, 6.07) is 6.66. The van der Waals surface area contributed by atoms with E-state index in [4.69, 9.17) is 0 Å². The zero-order chi connectivity index (χ0) is 16.1. The highest BCUT2D eigenvalue weighted by Crippen LogP contribution is 2.28. The number of benzene rings is 1. The van der Waals surface area contributed by atoms with Crippen LogP contribution < -0.4 is 5.32 Å². The average Bonchev–Trinajstić information content (AvgIpc) is 2.98. The fraction of sp³-hybridized carbons (Fsp3) is 0. The molecule has 2 aromatic rings. The third-order valence-corrected chi connectivity index (χ3v) is 3.43. The first-order chi connectivity index (χ1) is 10.5. The molecule has 0 saturated carbocycles. The Kier molecular flexibility index (Phi) is 4.59. The van der Waals surface area contributed by atoms with E-state index in [1.807, 2.05) is 17.5 Å². The second kappa shape index (κ2) is 6.59. The third-order valence-electron chi connectivity index (χ3n) is 2.59. The van der Waals surface area contributed by atoms with Gasteiger partial charge in [0.2, 0.25) is 5.91 Å². The van der Waals surface area contributed by atoms with Gasteiger partial charge < -0.3 is 5.32 Å². The maximum absolute atomic E-state index is 11.8. The Hall–Kier alpha value is -3.07. The number of non-ortho nitro benzene ring substituents is 1. The maximum Gasteiger partial charge on any atom is 0.299 e. The predicted molar refractivity (Wildman–Crippen MR) is 81.7 cm³/mol. The molecule has 1 aromatic heterocycles. The molecular weight excluding hydrogens is 310 g/mol. The second-order valence-corrected chi connectivity index (χ2v) is 5.03. The topological polar surface area (TPSA) is 115 Å². The summed E-state index contributed by atoms with van der Waals surface area (Å²) in [5.74, 6) is -0.564. The number of nitro benzene ring substituents is 2. The molecule has 0 atom stereocenters. The number of anilines is 1. The molecule has 0 unspecified atom stereocenters. The van der Waals surface area contributed by atoms with Crippen molar-refractivity contribution < 1.29 is 14.6 Å². The summed E-state index contributed by atoms with van der Waals surface area (Å²) in [4.78, 5) is 32.6. The highest BCUT2D eigenvalue weighted by molar-refractivity contribution is 7.10. The number of rotatable bonds is 5. The molecule has 0 saturated heterocycles. The lowest BCUT2D eigenvalue weighted by atomic mass is 10.2. The van der Waals surface area contributed by atoms with Gasteiger partial charge in [-0.1, -0.05) is 6.07 Å². The van der Waals surface area contributed by atoms with Gasteiger partial charge in [-0.05, 0) is 23.6 Å². The van der Waals surface area contributed by atoms with Crippen LogP contribution in [0.5, 0.6) is 0 Å². The van der Waals surface area contributed by atoms with Crippen LogP contribution in [-0.2, 0) is 4.79 Å². The molecule has 0 radical (unpaired) electrons. The lowest BCUT2D eigenvalue weighted by Gasteiger charge is -2.03. The number of hydrogen-bond donors (Lipinski definition) is 1. The Labute approximate surface area is 128 Å². The van der Waals surface area contributed by atoms with E-state index in [1.54, 1.807) is 6.08 Å². The fourth-order valence-corrected chi connectivity index (χ4v) is 2.23. The molecule has 2 rings (SSSR count). The van der Waals surface area contributed by atoms with Crippen LogP contribution in [0.2, 0.25) is 0 Å². The van der Waals surface area contributed by atoms with Crippen molar-refractivity contribution in [2.75, 3.05) is 5.32 Å². The Morgan fingerprint density at radius 1 is 1.18 bits per heavy atom. The zero-order valence-corrected chi connectivity index (χ0v) is 11.8. The summed E-state index contributed by atoms with van der Waals surface area (Å²) in [7, 11) is 0. The molecule has 22 heavy (non-hydrogen) atoms. The standard InChI is InChI=1S/C13H9N3O5S/c17-13(6-4-10-2-1-7-22-10)14-11-5-3-9(15(18)19)8-12(11)16(20)21/h1-8H,(H,14,17)/b6-4+. The fourth-order valence-electron chi connectivity index (χ4n) is 1.61.